The van der Waals surface area contributed by atoms with Crippen LogP contribution in [0.5, 0.6) is 0 Å². The molecule has 25 heavy (non-hydrogen) atoms. The maximum absolute atomic E-state index is 9.00. The van der Waals surface area contributed by atoms with Gasteiger partial charge in [0.15, 0.2) is 0 Å². The van der Waals surface area contributed by atoms with Gasteiger partial charge in [-0.15, -0.1) is 0 Å². The monoisotopic (exact) mass is 358 g/mol. The summed E-state index contributed by atoms with van der Waals surface area (Å²) < 4.78 is 0. The van der Waals surface area contributed by atoms with Crippen molar-refractivity contribution in [1.82, 2.24) is 5.32 Å². The van der Waals surface area contributed by atoms with E-state index in [-0.39, 0.29) is 0 Å². The van der Waals surface area contributed by atoms with E-state index in [9.17, 15) is 0 Å². The number of hydrogen-bond acceptors (Lipinski definition) is 3. The Balaban J connectivity index is 0. The molecule has 0 aliphatic heterocycles. The Bertz CT molecular complexity index is 226. The summed E-state index contributed by atoms with van der Waals surface area (Å²) in [4.78, 5) is 9.00. The van der Waals surface area contributed by atoms with Crippen molar-refractivity contribution in [3.8, 4) is 0 Å². The van der Waals surface area contributed by atoms with Crippen molar-refractivity contribution in [1.29, 1.82) is 0 Å². The minimum Gasteiger partial charge on any atom is -0.481 e. The highest BCUT2D eigenvalue weighted by atomic mass is 16.4. The molecule has 4 nitrogen and oxygen atoms in total. The average molecular weight is 359 g/mol. The first-order chi connectivity index (χ1) is 12.1. The molecule has 0 atom stereocenters. The summed E-state index contributed by atoms with van der Waals surface area (Å²) in [6.45, 7) is 6.46. The number of carboxylic acid groups (broad SMARTS) is 1. The van der Waals surface area contributed by atoms with E-state index in [0.29, 0.717) is 0 Å². The molecule has 0 heterocycles. The molecule has 0 unspecified atom stereocenters. The van der Waals surface area contributed by atoms with E-state index in [1.165, 1.54) is 96.4 Å². The predicted octanol–water partition coefficient (Wildman–Crippen LogP) is 5.50. The number of aliphatic carboxylic acids is 1. The highest BCUT2D eigenvalue weighted by Crippen LogP contribution is 2.12. The number of nitrogens with one attached hydrogen (secondary N) is 1. The first-order valence-corrected chi connectivity index (χ1v) is 10.8. The van der Waals surface area contributed by atoms with Crippen LogP contribution in [0.15, 0.2) is 0 Å². The van der Waals surface area contributed by atoms with E-state index in [4.69, 9.17) is 15.6 Å². The highest BCUT2D eigenvalue weighted by Gasteiger charge is 1.94. The number of nitrogens with two attached hydrogens (primary N) is 1. The molecule has 0 fully saturated rings. The lowest BCUT2D eigenvalue weighted by atomic mass is 10.0. The van der Waals surface area contributed by atoms with Gasteiger partial charge in [-0.25, -0.2) is 0 Å². The lowest BCUT2D eigenvalue weighted by Crippen LogP contribution is -2.19. The second-order valence-corrected chi connectivity index (χ2v) is 7.01. The topological polar surface area (TPSA) is 75.3 Å². The van der Waals surface area contributed by atoms with Gasteiger partial charge in [0.1, 0.15) is 0 Å². The summed E-state index contributed by atoms with van der Waals surface area (Å²) in [5, 5.41) is 10.9. The number of carboxylic acids is 1. The Morgan fingerprint density at radius 3 is 1.40 bits per heavy atom. The normalized spacial score (nSPS) is 10.4. The largest absolute Gasteiger partial charge is 0.481 e. The average Bonchev–Trinajstić information content (AvgIpc) is 2.57. The summed E-state index contributed by atoms with van der Waals surface area (Å²) in [7, 11) is 0. The molecule has 0 aromatic rings. The Morgan fingerprint density at radius 1 is 0.720 bits per heavy atom. The molecular weight excluding hydrogens is 312 g/mol. The lowest BCUT2D eigenvalue weighted by Gasteiger charge is -2.04. The predicted molar refractivity (Wildman–Crippen MR) is 110 cm³/mol. The molecule has 0 aromatic carbocycles. The van der Waals surface area contributed by atoms with Crippen molar-refractivity contribution in [2.45, 2.75) is 110 Å². The van der Waals surface area contributed by atoms with E-state index in [1.54, 1.807) is 0 Å². The zero-order chi connectivity index (χ0) is 19.0. The second kappa shape index (κ2) is 25.6. The van der Waals surface area contributed by atoms with Crippen molar-refractivity contribution in [2.75, 3.05) is 19.6 Å². The second-order valence-electron chi connectivity index (χ2n) is 7.01. The van der Waals surface area contributed by atoms with E-state index < -0.39 is 5.97 Å². The third-order valence-corrected chi connectivity index (χ3v) is 4.26. The van der Waals surface area contributed by atoms with Crippen molar-refractivity contribution < 1.29 is 9.90 Å². The summed E-state index contributed by atoms with van der Waals surface area (Å²) in [5.74, 6) is -0.833. The molecule has 0 saturated carbocycles. The van der Waals surface area contributed by atoms with Gasteiger partial charge >= 0.3 is 0 Å². The summed E-state index contributed by atoms with van der Waals surface area (Å²) in [6, 6.07) is 0. The van der Waals surface area contributed by atoms with Crippen molar-refractivity contribution in [3.05, 3.63) is 0 Å². The van der Waals surface area contributed by atoms with Crippen LogP contribution in [0.25, 0.3) is 0 Å². The first-order valence-electron chi connectivity index (χ1n) is 10.8. The minimum atomic E-state index is -0.833. The lowest BCUT2D eigenvalue weighted by molar-refractivity contribution is -0.134. The molecule has 0 aliphatic rings. The summed E-state index contributed by atoms with van der Waals surface area (Å²) in [5.41, 5.74) is 5.45. The molecule has 4 N–H and O–H groups in total. The Kier molecular flexibility index (Phi) is 27.3. The maximum atomic E-state index is 9.00. The molecule has 0 radical (unpaired) electrons. The van der Waals surface area contributed by atoms with Gasteiger partial charge in [0, 0.05) is 6.92 Å². The Hall–Kier alpha value is -0.610. The summed E-state index contributed by atoms with van der Waals surface area (Å²) >= 11 is 0. The summed E-state index contributed by atoms with van der Waals surface area (Å²) in [6.07, 6.45) is 21.2. The number of rotatable bonds is 18. The van der Waals surface area contributed by atoms with Gasteiger partial charge < -0.3 is 16.2 Å². The van der Waals surface area contributed by atoms with Crippen molar-refractivity contribution in [3.63, 3.8) is 0 Å². The molecule has 0 aliphatic carbocycles. The zero-order valence-corrected chi connectivity index (χ0v) is 17.2. The van der Waals surface area contributed by atoms with E-state index >= 15 is 0 Å². The van der Waals surface area contributed by atoms with Crippen LogP contribution in [0.1, 0.15) is 110 Å². The fourth-order valence-electron chi connectivity index (χ4n) is 2.80. The van der Waals surface area contributed by atoms with Crippen molar-refractivity contribution >= 4 is 5.97 Å². The van der Waals surface area contributed by atoms with Crippen LogP contribution in [-0.4, -0.2) is 30.7 Å². The van der Waals surface area contributed by atoms with E-state index in [0.717, 1.165) is 26.4 Å². The quantitative estimate of drug-likeness (QED) is 0.283. The smallest absolute Gasteiger partial charge is 0.300 e. The SMILES string of the molecule is CC(=O)O.CCCCCCCCCCCCCCCCNCCCN. The van der Waals surface area contributed by atoms with Gasteiger partial charge in [0.2, 0.25) is 0 Å². The number of hydrogen-bond donors (Lipinski definition) is 3. The minimum absolute atomic E-state index is 0.811. The van der Waals surface area contributed by atoms with Gasteiger partial charge in [-0.2, -0.15) is 0 Å². The van der Waals surface area contributed by atoms with Crippen LogP contribution in [-0.2, 0) is 4.79 Å². The molecule has 0 amide bonds. The highest BCUT2D eigenvalue weighted by molar-refractivity contribution is 5.62. The fourth-order valence-corrected chi connectivity index (χ4v) is 2.80. The molecule has 4 heteroatoms. The van der Waals surface area contributed by atoms with Gasteiger partial charge in [-0.1, -0.05) is 90.4 Å². The van der Waals surface area contributed by atoms with Crippen LogP contribution < -0.4 is 11.1 Å². The number of unbranched alkanes of at least 4 members (excludes halogenated alkanes) is 13. The van der Waals surface area contributed by atoms with Crippen LogP contribution in [0.2, 0.25) is 0 Å². The molecule has 0 saturated heterocycles. The molecule has 0 bridgehead atoms. The van der Waals surface area contributed by atoms with Crippen LogP contribution in [0.4, 0.5) is 0 Å². The van der Waals surface area contributed by atoms with E-state index in [1.807, 2.05) is 0 Å². The molecule has 152 valence electrons. The van der Waals surface area contributed by atoms with Crippen molar-refractivity contribution in [2.24, 2.45) is 5.73 Å². The van der Waals surface area contributed by atoms with Gasteiger partial charge in [-0.3, -0.25) is 4.79 Å². The van der Waals surface area contributed by atoms with Gasteiger partial charge in [0.25, 0.3) is 5.97 Å². The standard InChI is InChI=1S/C19H42N2.C2H4O2/c1-2-3-4-5-6-7-8-9-10-11-12-13-14-15-18-21-19-16-17-20;1-2(3)4/h21H,2-20H2,1H3;1H3,(H,3,4). The zero-order valence-electron chi connectivity index (χ0n) is 17.2. The molecular formula is C21H46N2O2. The first kappa shape index (κ1) is 26.6. The fraction of sp³-hybridized carbons (Fsp3) is 0.952. The van der Waals surface area contributed by atoms with E-state index in [2.05, 4.69) is 12.2 Å². The van der Waals surface area contributed by atoms with Gasteiger partial charge in [-0.05, 0) is 32.5 Å². The van der Waals surface area contributed by atoms with Crippen LogP contribution in [0, 0.1) is 0 Å². The third kappa shape index (κ3) is 35.4. The van der Waals surface area contributed by atoms with Gasteiger partial charge in [0.05, 0.1) is 0 Å². The molecule has 0 rings (SSSR count). The van der Waals surface area contributed by atoms with Crippen LogP contribution >= 0.6 is 0 Å². The molecule has 0 aromatic heterocycles. The number of carbonyl (C=O) groups is 1. The third-order valence-electron chi connectivity index (χ3n) is 4.26. The maximum Gasteiger partial charge on any atom is 0.300 e. The molecule has 0 spiro atoms. The Labute approximate surface area is 157 Å². The van der Waals surface area contributed by atoms with Crippen LogP contribution in [0.3, 0.4) is 0 Å². The Morgan fingerprint density at radius 2 is 1.04 bits per heavy atom.